The standard InChI is InChI=1S/C18H22N8O2S/c1-25(16-13-2-3-19-15(13)20-9-21-16)12-4-10-6-26(7-11(10)5-12)18(28)23-17-22-14(8-27)24-29-17/h2-3,9-12,27H,4-8H2,1H3,(H,19,20,21)(H,22,23,24,28)/t10-,11+,12-. The van der Waals surface area contributed by atoms with Crippen LogP contribution >= 0.6 is 11.5 Å². The second-order valence-electron chi connectivity index (χ2n) is 7.70. The van der Waals surface area contributed by atoms with E-state index < -0.39 is 0 Å². The fraction of sp³-hybridized carbons (Fsp3) is 0.500. The highest BCUT2D eigenvalue weighted by Gasteiger charge is 2.44. The first-order valence-corrected chi connectivity index (χ1v) is 10.4. The van der Waals surface area contributed by atoms with E-state index in [2.05, 4.69) is 41.6 Å². The molecule has 4 heterocycles. The second kappa shape index (κ2) is 7.23. The van der Waals surface area contributed by atoms with Gasteiger partial charge >= 0.3 is 6.03 Å². The lowest BCUT2D eigenvalue weighted by Gasteiger charge is -2.27. The quantitative estimate of drug-likeness (QED) is 0.593. The van der Waals surface area contributed by atoms with Crippen molar-refractivity contribution in [3.63, 3.8) is 0 Å². The Morgan fingerprint density at radius 3 is 2.90 bits per heavy atom. The highest BCUT2D eigenvalue weighted by atomic mass is 32.1. The van der Waals surface area contributed by atoms with Crippen molar-refractivity contribution in [3.05, 3.63) is 24.4 Å². The predicted molar refractivity (Wildman–Crippen MR) is 109 cm³/mol. The number of urea groups is 1. The van der Waals surface area contributed by atoms with Gasteiger partial charge in [0.2, 0.25) is 5.13 Å². The Morgan fingerprint density at radius 2 is 2.17 bits per heavy atom. The molecule has 0 radical (unpaired) electrons. The van der Waals surface area contributed by atoms with Crippen molar-refractivity contribution in [1.29, 1.82) is 0 Å². The molecule has 11 heteroatoms. The molecule has 5 rings (SSSR count). The number of aliphatic hydroxyl groups is 1. The zero-order chi connectivity index (χ0) is 20.0. The van der Waals surface area contributed by atoms with Crippen LogP contribution in [0.3, 0.4) is 0 Å². The third-order valence-electron chi connectivity index (χ3n) is 6.05. The number of rotatable bonds is 4. The van der Waals surface area contributed by atoms with Crippen molar-refractivity contribution in [2.75, 3.05) is 30.4 Å². The van der Waals surface area contributed by atoms with E-state index in [4.69, 9.17) is 5.11 Å². The number of carbonyl (C=O) groups excluding carboxylic acids is 1. The van der Waals surface area contributed by atoms with Gasteiger partial charge in [0, 0.05) is 43.9 Å². The number of anilines is 2. The van der Waals surface area contributed by atoms with Crippen molar-refractivity contribution in [2.45, 2.75) is 25.5 Å². The fourth-order valence-corrected chi connectivity index (χ4v) is 5.17. The highest BCUT2D eigenvalue weighted by Crippen LogP contribution is 2.41. The molecule has 1 saturated heterocycles. The summed E-state index contributed by atoms with van der Waals surface area (Å²) in [5.41, 5.74) is 0.851. The molecule has 0 spiro atoms. The number of nitrogens with one attached hydrogen (secondary N) is 2. The van der Waals surface area contributed by atoms with Gasteiger partial charge in [-0.2, -0.15) is 4.37 Å². The molecule has 3 N–H and O–H groups in total. The van der Waals surface area contributed by atoms with Crippen LogP contribution in [0.4, 0.5) is 15.7 Å². The van der Waals surface area contributed by atoms with Crippen molar-refractivity contribution >= 4 is 39.5 Å². The molecule has 10 nitrogen and oxygen atoms in total. The Bertz CT molecular complexity index is 1020. The summed E-state index contributed by atoms with van der Waals surface area (Å²) in [4.78, 5) is 32.7. The third kappa shape index (κ3) is 3.29. The molecular weight excluding hydrogens is 392 g/mol. The molecule has 152 valence electrons. The van der Waals surface area contributed by atoms with Gasteiger partial charge in [-0.05, 0) is 30.7 Å². The first kappa shape index (κ1) is 18.3. The molecule has 2 fully saturated rings. The zero-order valence-corrected chi connectivity index (χ0v) is 16.8. The maximum Gasteiger partial charge on any atom is 0.323 e. The summed E-state index contributed by atoms with van der Waals surface area (Å²) in [7, 11) is 2.10. The smallest absolute Gasteiger partial charge is 0.323 e. The average molecular weight is 414 g/mol. The van der Waals surface area contributed by atoms with E-state index in [1.807, 2.05) is 17.2 Å². The molecular formula is C18H22N8O2S. The van der Waals surface area contributed by atoms with Crippen molar-refractivity contribution < 1.29 is 9.90 Å². The topological polar surface area (TPSA) is 123 Å². The predicted octanol–water partition coefficient (Wildman–Crippen LogP) is 1.68. The first-order valence-electron chi connectivity index (χ1n) is 9.62. The van der Waals surface area contributed by atoms with Crippen LogP contribution in [0.2, 0.25) is 0 Å². The molecule has 1 aliphatic carbocycles. The van der Waals surface area contributed by atoms with Crippen molar-refractivity contribution in [2.24, 2.45) is 11.8 Å². The maximum absolute atomic E-state index is 12.6. The van der Waals surface area contributed by atoms with Crippen LogP contribution in [0, 0.1) is 11.8 Å². The summed E-state index contributed by atoms with van der Waals surface area (Å²) in [6.45, 7) is 1.27. The molecule has 3 aromatic heterocycles. The number of aromatic nitrogens is 5. The lowest BCUT2D eigenvalue weighted by atomic mass is 10.0. The lowest BCUT2D eigenvalue weighted by Crippen LogP contribution is -2.36. The van der Waals surface area contributed by atoms with Crippen molar-refractivity contribution in [3.8, 4) is 0 Å². The number of aromatic amines is 1. The SMILES string of the molecule is CN(c1ncnc2[nH]ccc12)[C@@H]1C[C@@H]2CN(C(=O)Nc3nc(CO)ns3)C[C@@H]2C1. The Hall–Kier alpha value is -2.79. The minimum Gasteiger partial charge on any atom is -0.388 e. The third-order valence-corrected chi connectivity index (χ3v) is 6.72. The van der Waals surface area contributed by atoms with E-state index in [-0.39, 0.29) is 12.6 Å². The van der Waals surface area contributed by atoms with Crippen LogP contribution in [0.15, 0.2) is 18.6 Å². The van der Waals surface area contributed by atoms with Crippen LogP contribution in [0.1, 0.15) is 18.7 Å². The van der Waals surface area contributed by atoms with Gasteiger partial charge in [-0.3, -0.25) is 5.32 Å². The molecule has 0 bridgehead atoms. The van der Waals surface area contributed by atoms with Gasteiger partial charge in [-0.15, -0.1) is 0 Å². The number of carbonyl (C=O) groups is 1. The van der Waals surface area contributed by atoms with E-state index in [0.29, 0.717) is 28.8 Å². The zero-order valence-electron chi connectivity index (χ0n) is 15.9. The Morgan fingerprint density at radius 1 is 1.38 bits per heavy atom. The highest BCUT2D eigenvalue weighted by molar-refractivity contribution is 7.09. The number of amides is 2. The number of hydrogen-bond donors (Lipinski definition) is 3. The lowest BCUT2D eigenvalue weighted by molar-refractivity contribution is 0.218. The van der Waals surface area contributed by atoms with E-state index in [1.54, 1.807) is 6.33 Å². The van der Waals surface area contributed by atoms with E-state index in [1.165, 1.54) is 0 Å². The molecule has 1 saturated carbocycles. The number of likely N-dealkylation sites (tertiary alicyclic amines) is 1. The van der Waals surface area contributed by atoms with Crippen molar-refractivity contribution in [1.82, 2.24) is 29.2 Å². The number of fused-ring (bicyclic) bond motifs is 2. The van der Waals surface area contributed by atoms with Gasteiger partial charge in [-0.25, -0.2) is 19.7 Å². The number of nitrogens with zero attached hydrogens (tertiary/aromatic N) is 6. The Kier molecular flexibility index (Phi) is 4.55. The van der Waals surface area contributed by atoms with E-state index >= 15 is 0 Å². The largest absolute Gasteiger partial charge is 0.388 e. The van der Waals surface area contributed by atoms with Crippen LogP contribution in [-0.4, -0.2) is 66.5 Å². The molecule has 3 aromatic rings. The number of hydrogen-bond acceptors (Lipinski definition) is 8. The van der Waals surface area contributed by atoms with E-state index in [9.17, 15) is 4.79 Å². The number of aliphatic hydroxyl groups excluding tert-OH is 1. The minimum atomic E-state index is -0.226. The minimum absolute atomic E-state index is 0.144. The number of H-pyrrole nitrogens is 1. The molecule has 29 heavy (non-hydrogen) atoms. The Labute approximate surface area is 171 Å². The van der Waals surface area contributed by atoms with Gasteiger partial charge in [0.1, 0.15) is 24.4 Å². The summed E-state index contributed by atoms with van der Waals surface area (Å²) >= 11 is 1.09. The summed E-state index contributed by atoms with van der Waals surface area (Å²) in [6, 6.07) is 2.27. The van der Waals surface area contributed by atoms with Gasteiger partial charge < -0.3 is 19.9 Å². The first-order chi connectivity index (χ1) is 14.1. The molecule has 3 atom stereocenters. The molecule has 2 amide bonds. The average Bonchev–Trinajstić information content (AvgIpc) is 3.48. The molecule has 0 unspecified atom stereocenters. The van der Waals surface area contributed by atoms with Crippen LogP contribution < -0.4 is 10.2 Å². The summed E-state index contributed by atoms with van der Waals surface area (Å²) in [5.74, 6) is 2.25. The monoisotopic (exact) mass is 414 g/mol. The molecule has 2 aliphatic rings. The summed E-state index contributed by atoms with van der Waals surface area (Å²) in [5, 5.41) is 13.3. The molecule has 1 aliphatic heterocycles. The van der Waals surface area contributed by atoms with Gasteiger partial charge in [-0.1, -0.05) is 0 Å². The van der Waals surface area contributed by atoms with Crippen LogP contribution in [0.25, 0.3) is 11.0 Å². The van der Waals surface area contributed by atoms with Gasteiger partial charge in [0.05, 0.1) is 5.39 Å². The molecule has 0 aromatic carbocycles. The fourth-order valence-electron chi connectivity index (χ4n) is 4.60. The Balaban J connectivity index is 1.21. The maximum atomic E-state index is 12.6. The normalized spacial score (nSPS) is 23.5. The van der Waals surface area contributed by atoms with E-state index in [0.717, 1.165) is 54.3 Å². The summed E-state index contributed by atoms with van der Waals surface area (Å²) in [6.07, 6.45) is 5.56. The van der Waals surface area contributed by atoms with Gasteiger partial charge in [0.15, 0.2) is 5.82 Å². The van der Waals surface area contributed by atoms with Crippen LogP contribution in [0.5, 0.6) is 0 Å². The van der Waals surface area contributed by atoms with Crippen LogP contribution in [-0.2, 0) is 6.61 Å². The summed E-state index contributed by atoms with van der Waals surface area (Å²) < 4.78 is 3.98. The van der Waals surface area contributed by atoms with Gasteiger partial charge in [0.25, 0.3) is 0 Å². The second-order valence-corrected chi connectivity index (χ2v) is 8.45.